The molecule has 1 aliphatic rings. The highest BCUT2D eigenvalue weighted by Gasteiger charge is 2.44. The Morgan fingerprint density at radius 2 is 2.19 bits per heavy atom. The molecule has 0 radical (unpaired) electrons. The molecular formula is C12H11BrN4O4. The van der Waals surface area contributed by atoms with Crippen LogP contribution in [-0.4, -0.2) is 54.8 Å². The Kier molecular flexibility index (Phi) is 3.64. The maximum absolute atomic E-state index is 10.1. The lowest BCUT2D eigenvalue weighted by molar-refractivity contribution is -0.0518. The first kappa shape index (κ1) is 14.4. The number of aromatic nitrogens is 3. The second-order valence-electron chi connectivity index (χ2n) is 4.64. The van der Waals surface area contributed by atoms with Crippen molar-refractivity contribution in [2.24, 2.45) is 0 Å². The molecular weight excluding hydrogens is 344 g/mol. The minimum Gasteiger partial charge on any atom is -0.394 e. The van der Waals surface area contributed by atoms with Gasteiger partial charge < -0.3 is 20.1 Å². The Morgan fingerprint density at radius 3 is 2.81 bits per heavy atom. The maximum Gasteiger partial charge on any atom is 0.165 e. The SMILES string of the molecule is N#Cc1c(Br)n([C@H]2O[C@@H](CO)[C@@H](O)[C@H]2O)c2ncncc12. The number of nitriles is 1. The third kappa shape index (κ3) is 2.04. The summed E-state index contributed by atoms with van der Waals surface area (Å²) in [6, 6.07) is 2.04. The Balaban J connectivity index is 2.18. The molecule has 4 atom stereocenters. The van der Waals surface area contributed by atoms with Gasteiger partial charge >= 0.3 is 0 Å². The number of aliphatic hydroxyl groups excluding tert-OH is 3. The summed E-state index contributed by atoms with van der Waals surface area (Å²) in [6.07, 6.45) is -1.54. The maximum atomic E-state index is 10.1. The molecule has 0 aromatic carbocycles. The zero-order valence-electron chi connectivity index (χ0n) is 10.6. The van der Waals surface area contributed by atoms with Gasteiger partial charge in [0.25, 0.3) is 0 Å². The first-order valence-electron chi connectivity index (χ1n) is 6.12. The summed E-state index contributed by atoms with van der Waals surface area (Å²) >= 11 is 3.29. The van der Waals surface area contributed by atoms with Crippen molar-refractivity contribution in [1.82, 2.24) is 14.5 Å². The summed E-state index contributed by atoms with van der Waals surface area (Å²) in [7, 11) is 0. The number of halogens is 1. The van der Waals surface area contributed by atoms with E-state index in [1.165, 1.54) is 17.1 Å². The highest BCUT2D eigenvalue weighted by Crippen LogP contribution is 2.37. The molecule has 110 valence electrons. The molecule has 2 aromatic heterocycles. The van der Waals surface area contributed by atoms with E-state index in [4.69, 9.17) is 9.84 Å². The van der Waals surface area contributed by atoms with Crippen LogP contribution in [-0.2, 0) is 4.74 Å². The summed E-state index contributed by atoms with van der Waals surface area (Å²) in [5.41, 5.74) is 0.701. The van der Waals surface area contributed by atoms with Crippen LogP contribution in [0.5, 0.6) is 0 Å². The molecule has 3 N–H and O–H groups in total. The summed E-state index contributed by atoms with van der Waals surface area (Å²) < 4.78 is 7.32. The van der Waals surface area contributed by atoms with Crippen LogP contribution in [0.15, 0.2) is 17.1 Å². The zero-order valence-corrected chi connectivity index (χ0v) is 12.2. The van der Waals surface area contributed by atoms with Crippen molar-refractivity contribution in [3.8, 4) is 6.07 Å². The molecule has 8 nitrogen and oxygen atoms in total. The molecule has 0 saturated carbocycles. The summed E-state index contributed by atoms with van der Waals surface area (Å²) in [4.78, 5) is 7.98. The lowest BCUT2D eigenvalue weighted by Crippen LogP contribution is -2.33. The smallest absolute Gasteiger partial charge is 0.165 e. The Hall–Kier alpha value is -1.57. The number of fused-ring (bicyclic) bond motifs is 1. The van der Waals surface area contributed by atoms with Crippen LogP contribution in [0, 0.1) is 11.3 Å². The van der Waals surface area contributed by atoms with E-state index in [-0.39, 0.29) is 0 Å². The van der Waals surface area contributed by atoms with Crippen molar-refractivity contribution in [1.29, 1.82) is 5.26 Å². The molecule has 0 unspecified atom stereocenters. The topological polar surface area (TPSA) is 124 Å². The van der Waals surface area contributed by atoms with E-state index >= 15 is 0 Å². The highest BCUT2D eigenvalue weighted by atomic mass is 79.9. The van der Waals surface area contributed by atoms with E-state index in [9.17, 15) is 15.5 Å². The van der Waals surface area contributed by atoms with Crippen LogP contribution >= 0.6 is 15.9 Å². The molecule has 21 heavy (non-hydrogen) atoms. The molecule has 0 aliphatic carbocycles. The molecule has 2 aromatic rings. The second-order valence-corrected chi connectivity index (χ2v) is 5.39. The van der Waals surface area contributed by atoms with Crippen molar-refractivity contribution >= 4 is 27.0 Å². The van der Waals surface area contributed by atoms with Crippen molar-refractivity contribution in [3.63, 3.8) is 0 Å². The van der Waals surface area contributed by atoms with Gasteiger partial charge in [-0.05, 0) is 15.9 Å². The molecule has 9 heteroatoms. The average Bonchev–Trinajstić information content (AvgIpc) is 2.94. The molecule has 0 bridgehead atoms. The van der Waals surface area contributed by atoms with E-state index in [2.05, 4.69) is 25.9 Å². The molecule has 3 heterocycles. The molecule has 0 amide bonds. The van der Waals surface area contributed by atoms with Gasteiger partial charge in [0, 0.05) is 6.20 Å². The van der Waals surface area contributed by atoms with E-state index in [1.807, 2.05) is 6.07 Å². The van der Waals surface area contributed by atoms with Gasteiger partial charge in [0.1, 0.15) is 41.0 Å². The highest BCUT2D eigenvalue weighted by molar-refractivity contribution is 9.10. The van der Waals surface area contributed by atoms with Crippen LogP contribution in [0.4, 0.5) is 0 Å². The van der Waals surface area contributed by atoms with Crippen molar-refractivity contribution in [2.75, 3.05) is 6.61 Å². The van der Waals surface area contributed by atoms with E-state index < -0.39 is 31.1 Å². The molecule has 1 fully saturated rings. The van der Waals surface area contributed by atoms with Gasteiger partial charge in [0.2, 0.25) is 0 Å². The first-order chi connectivity index (χ1) is 10.1. The fraction of sp³-hybridized carbons (Fsp3) is 0.417. The zero-order chi connectivity index (χ0) is 15.1. The number of hydrogen-bond donors (Lipinski definition) is 3. The molecule has 0 spiro atoms. The summed E-state index contributed by atoms with van der Waals surface area (Å²) in [5, 5.41) is 38.9. The van der Waals surface area contributed by atoms with E-state index in [1.54, 1.807) is 0 Å². The Morgan fingerprint density at radius 1 is 1.43 bits per heavy atom. The Bertz CT molecular complexity index is 728. The molecule has 3 rings (SSSR count). The van der Waals surface area contributed by atoms with Gasteiger partial charge in [-0.2, -0.15) is 5.26 Å². The van der Waals surface area contributed by atoms with Crippen LogP contribution in [0.3, 0.4) is 0 Å². The summed E-state index contributed by atoms with van der Waals surface area (Å²) in [6.45, 7) is -0.425. The number of hydrogen-bond acceptors (Lipinski definition) is 7. The monoisotopic (exact) mass is 354 g/mol. The number of rotatable bonds is 2. The lowest BCUT2D eigenvalue weighted by atomic mass is 10.1. The van der Waals surface area contributed by atoms with Gasteiger partial charge in [0.15, 0.2) is 6.23 Å². The van der Waals surface area contributed by atoms with E-state index in [0.717, 1.165) is 0 Å². The third-order valence-corrected chi connectivity index (χ3v) is 4.27. The number of aliphatic hydroxyl groups is 3. The third-order valence-electron chi connectivity index (χ3n) is 3.49. The standard InChI is InChI=1S/C12H11BrN4O4/c13-10-5(1-14)6-2-15-4-16-11(6)17(10)12-9(20)8(19)7(3-18)21-12/h2,4,7-9,12,18-20H,3H2/t7-,8+,9+,12-/m0/s1. The van der Waals surface area contributed by atoms with Gasteiger partial charge in [-0.1, -0.05) is 0 Å². The largest absolute Gasteiger partial charge is 0.394 e. The molecule has 1 aliphatic heterocycles. The van der Waals surface area contributed by atoms with E-state index in [0.29, 0.717) is 21.2 Å². The first-order valence-corrected chi connectivity index (χ1v) is 6.91. The summed E-state index contributed by atoms with van der Waals surface area (Å²) in [5.74, 6) is 0. The van der Waals surface area contributed by atoms with Crippen LogP contribution < -0.4 is 0 Å². The quantitative estimate of drug-likeness (QED) is 0.674. The van der Waals surface area contributed by atoms with Crippen molar-refractivity contribution in [2.45, 2.75) is 24.5 Å². The number of nitrogens with zero attached hydrogens (tertiary/aromatic N) is 4. The average molecular weight is 355 g/mol. The van der Waals surface area contributed by atoms with Crippen molar-refractivity contribution in [3.05, 3.63) is 22.7 Å². The Labute approximate surface area is 127 Å². The normalized spacial score (nSPS) is 28.9. The fourth-order valence-electron chi connectivity index (χ4n) is 2.45. The predicted molar refractivity (Wildman–Crippen MR) is 73.0 cm³/mol. The minimum atomic E-state index is -1.25. The fourth-order valence-corrected chi connectivity index (χ4v) is 3.12. The second kappa shape index (κ2) is 5.32. The predicted octanol–water partition coefficient (Wildman–Crippen LogP) is -0.323. The van der Waals surface area contributed by atoms with Crippen molar-refractivity contribution < 1.29 is 20.1 Å². The van der Waals surface area contributed by atoms with Gasteiger partial charge in [-0.25, -0.2) is 9.97 Å². The van der Waals surface area contributed by atoms with Crippen LogP contribution in [0.25, 0.3) is 11.0 Å². The number of ether oxygens (including phenoxy) is 1. The van der Waals surface area contributed by atoms with Crippen LogP contribution in [0.2, 0.25) is 0 Å². The van der Waals surface area contributed by atoms with Gasteiger partial charge in [0.05, 0.1) is 17.6 Å². The van der Waals surface area contributed by atoms with Crippen LogP contribution in [0.1, 0.15) is 11.8 Å². The molecule has 1 saturated heterocycles. The van der Waals surface area contributed by atoms with Gasteiger partial charge in [-0.15, -0.1) is 0 Å². The minimum absolute atomic E-state index is 0.309. The lowest BCUT2D eigenvalue weighted by Gasteiger charge is -2.18. The van der Waals surface area contributed by atoms with Gasteiger partial charge in [-0.3, -0.25) is 4.57 Å².